The fraction of sp³-hybridized carbons (Fsp3) is 0.385. The van der Waals surface area contributed by atoms with Gasteiger partial charge in [-0.05, 0) is 31.0 Å². The van der Waals surface area contributed by atoms with Crippen LogP contribution in [0, 0.1) is 17.2 Å². The molecule has 1 rings (SSSR count). The number of carbonyl (C=O) groups excluding carboxylic acids is 1. The fourth-order valence-electron chi connectivity index (χ4n) is 1.35. The van der Waals surface area contributed by atoms with Gasteiger partial charge in [-0.15, -0.1) is 0 Å². The van der Waals surface area contributed by atoms with Crippen molar-refractivity contribution in [3.63, 3.8) is 0 Å². The molecule has 0 aliphatic heterocycles. The summed E-state index contributed by atoms with van der Waals surface area (Å²) < 4.78 is 5.04. The summed E-state index contributed by atoms with van der Waals surface area (Å²) in [5.74, 6) is 0.303. The predicted octanol–water partition coefficient (Wildman–Crippen LogP) is 2.36. The standard InChI is InChI=1S/C13H15NO2/c1-10(9-14)13(15)8-5-11-3-6-12(16-2)7-4-11/h3-4,6-7,10H,5,8H2,1-2H3. The molecule has 0 amide bonds. The monoisotopic (exact) mass is 217 g/mol. The largest absolute Gasteiger partial charge is 0.497 e. The molecular weight excluding hydrogens is 202 g/mol. The highest BCUT2D eigenvalue weighted by Gasteiger charge is 2.11. The maximum absolute atomic E-state index is 11.4. The molecule has 0 N–H and O–H groups in total. The molecule has 0 radical (unpaired) electrons. The van der Waals surface area contributed by atoms with Gasteiger partial charge in [0.25, 0.3) is 0 Å². The molecule has 0 aromatic heterocycles. The fourth-order valence-corrected chi connectivity index (χ4v) is 1.35. The molecule has 1 unspecified atom stereocenters. The smallest absolute Gasteiger partial charge is 0.150 e. The van der Waals surface area contributed by atoms with Crippen molar-refractivity contribution >= 4 is 5.78 Å². The maximum Gasteiger partial charge on any atom is 0.150 e. The van der Waals surface area contributed by atoms with E-state index in [1.54, 1.807) is 14.0 Å². The van der Waals surface area contributed by atoms with E-state index in [9.17, 15) is 4.79 Å². The van der Waals surface area contributed by atoms with E-state index >= 15 is 0 Å². The Balaban J connectivity index is 2.49. The Kier molecular flexibility index (Phi) is 4.53. The summed E-state index contributed by atoms with van der Waals surface area (Å²) in [5.41, 5.74) is 1.08. The molecule has 0 fully saturated rings. The zero-order valence-corrected chi connectivity index (χ0v) is 9.56. The lowest BCUT2D eigenvalue weighted by atomic mass is 10.0. The van der Waals surface area contributed by atoms with Crippen LogP contribution in [0.15, 0.2) is 24.3 Å². The average Bonchev–Trinajstić information content (AvgIpc) is 2.35. The molecule has 1 aromatic rings. The third kappa shape index (κ3) is 3.39. The van der Waals surface area contributed by atoms with Crippen molar-refractivity contribution in [1.82, 2.24) is 0 Å². The Morgan fingerprint density at radius 1 is 1.44 bits per heavy atom. The van der Waals surface area contributed by atoms with E-state index < -0.39 is 5.92 Å². The van der Waals surface area contributed by atoms with Crippen molar-refractivity contribution in [3.8, 4) is 11.8 Å². The molecule has 0 saturated carbocycles. The highest BCUT2D eigenvalue weighted by Crippen LogP contribution is 2.13. The third-order valence-electron chi connectivity index (χ3n) is 2.50. The summed E-state index contributed by atoms with van der Waals surface area (Å²) in [4.78, 5) is 11.4. The average molecular weight is 217 g/mol. The van der Waals surface area contributed by atoms with Crippen molar-refractivity contribution in [2.75, 3.05) is 7.11 Å². The van der Waals surface area contributed by atoms with E-state index in [2.05, 4.69) is 0 Å². The number of ether oxygens (including phenoxy) is 1. The predicted molar refractivity (Wildman–Crippen MR) is 61.1 cm³/mol. The number of benzene rings is 1. The van der Waals surface area contributed by atoms with Gasteiger partial charge in [0.15, 0.2) is 0 Å². The minimum atomic E-state index is -0.502. The van der Waals surface area contributed by atoms with Gasteiger partial charge in [-0.1, -0.05) is 12.1 Å². The Hall–Kier alpha value is -1.82. The number of Topliss-reactive ketones (excluding diaryl/α,β-unsaturated/α-hetero) is 1. The number of ketones is 1. The van der Waals surface area contributed by atoms with Crippen LogP contribution in [-0.4, -0.2) is 12.9 Å². The van der Waals surface area contributed by atoms with Crippen LogP contribution in [0.5, 0.6) is 5.75 Å². The highest BCUT2D eigenvalue weighted by molar-refractivity contribution is 5.83. The maximum atomic E-state index is 11.4. The lowest BCUT2D eigenvalue weighted by Crippen LogP contribution is -2.09. The van der Waals surface area contributed by atoms with Gasteiger partial charge < -0.3 is 4.74 Å². The normalized spacial score (nSPS) is 11.6. The minimum absolute atomic E-state index is 0.00156. The van der Waals surface area contributed by atoms with Crippen molar-refractivity contribution in [1.29, 1.82) is 5.26 Å². The Morgan fingerprint density at radius 3 is 2.56 bits per heavy atom. The number of methoxy groups -OCH3 is 1. The van der Waals surface area contributed by atoms with Crippen LogP contribution >= 0.6 is 0 Å². The first-order valence-electron chi connectivity index (χ1n) is 5.22. The zero-order valence-electron chi connectivity index (χ0n) is 9.56. The van der Waals surface area contributed by atoms with E-state index in [1.165, 1.54) is 0 Å². The van der Waals surface area contributed by atoms with Crippen LogP contribution in [0.25, 0.3) is 0 Å². The second-order valence-electron chi connectivity index (χ2n) is 3.67. The Morgan fingerprint density at radius 2 is 2.06 bits per heavy atom. The molecule has 0 bridgehead atoms. The summed E-state index contributed by atoms with van der Waals surface area (Å²) in [7, 11) is 1.62. The molecule has 84 valence electrons. The van der Waals surface area contributed by atoms with Crippen LogP contribution in [-0.2, 0) is 11.2 Å². The minimum Gasteiger partial charge on any atom is -0.497 e. The molecule has 0 heterocycles. The van der Waals surface area contributed by atoms with Crippen LogP contribution in [0.4, 0.5) is 0 Å². The molecule has 16 heavy (non-hydrogen) atoms. The zero-order chi connectivity index (χ0) is 12.0. The van der Waals surface area contributed by atoms with Crippen LogP contribution in [0.1, 0.15) is 18.9 Å². The summed E-state index contributed by atoms with van der Waals surface area (Å²) >= 11 is 0. The van der Waals surface area contributed by atoms with Gasteiger partial charge in [0.2, 0.25) is 0 Å². The van der Waals surface area contributed by atoms with E-state index in [0.29, 0.717) is 12.8 Å². The van der Waals surface area contributed by atoms with E-state index in [1.807, 2.05) is 30.3 Å². The molecule has 0 spiro atoms. The first-order chi connectivity index (χ1) is 7.67. The van der Waals surface area contributed by atoms with Gasteiger partial charge in [-0.25, -0.2) is 0 Å². The quantitative estimate of drug-likeness (QED) is 0.760. The van der Waals surface area contributed by atoms with Gasteiger partial charge in [0, 0.05) is 6.42 Å². The van der Waals surface area contributed by atoms with Gasteiger partial charge in [-0.2, -0.15) is 5.26 Å². The number of rotatable bonds is 5. The van der Waals surface area contributed by atoms with Gasteiger partial charge >= 0.3 is 0 Å². The van der Waals surface area contributed by atoms with Crippen molar-refractivity contribution in [3.05, 3.63) is 29.8 Å². The highest BCUT2D eigenvalue weighted by atomic mass is 16.5. The summed E-state index contributed by atoms with van der Waals surface area (Å²) in [5, 5.41) is 8.58. The van der Waals surface area contributed by atoms with Crippen LogP contribution < -0.4 is 4.74 Å². The summed E-state index contributed by atoms with van der Waals surface area (Å²) in [6.45, 7) is 1.64. The van der Waals surface area contributed by atoms with Gasteiger partial charge in [0.05, 0.1) is 13.2 Å². The Labute approximate surface area is 95.7 Å². The molecule has 0 aliphatic rings. The Bertz CT molecular complexity index is 389. The number of aryl methyl sites for hydroxylation is 1. The number of hydrogen-bond acceptors (Lipinski definition) is 3. The summed E-state index contributed by atoms with van der Waals surface area (Å²) in [6, 6.07) is 9.55. The van der Waals surface area contributed by atoms with Crippen molar-refractivity contribution in [2.45, 2.75) is 19.8 Å². The van der Waals surface area contributed by atoms with Crippen LogP contribution in [0.3, 0.4) is 0 Å². The number of nitrogens with zero attached hydrogens (tertiary/aromatic N) is 1. The van der Waals surface area contributed by atoms with E-state index in [0.717, 1.165) is 11.3 Å². The van der Waals surface area contributed by atoms with Gasteiger partial charge in [-0.3, -0.25) is 4.79 Å². The molecule has 1 aromatic carbocycles. The lowest BCUT2D eigenvalue weighted by Gasteiger charge is -2.04. The number of carbonyl (C=O) groups is 1. The van der Waals surface area contributed by atoms with Gasteiger partial charge in [0.1, 0.15) is 17.5 Å². The van der Waals surface area contributed by atoms with E-state index in [4.69, 9.17) is 10.00 Å². The van der Waals surface area contributed by atoms with Crippen molar-refractivity contribution < 1.29 is 9.53 Å². The summed E-state index contributed by atoms with van der Waals surface area (Å²) in [6.07, 6.45) is 1.09. The molecule has 3 heteroatoms. The number of nitriles is 1. The van der Waals surface area contributed by atoms with Crippen LogP contribution in [0.2, 0.25) is 0 Å². The lowest BCUT2D eigenvalue weighted by molar-refractivity contribution is -0.120. The molecule has 0 aliphatic carbocycles. The first kappa shape index (κ1) is 12.3. The first-order valence-corrected chi connectivity index (χ1v) is 5.22. The third-order valence-corrected chi connectivity index (χ3v) is 2.50. The molecule has 0 saturated heterocycles. The SMILES string of the molecule is COc1ccc(CCC(=O)C(C)C#N)cc1. The topological polar surface area (TPSA) is 50.1 Å². The second kappa shape index (κ2) is 5.92. The molecule has 1 atom stereocenters. The van der Waals surface area contributed by atoms with Crippen molar-refractivity contribution in [2.24, 2.45) is 5.92 Å². The van der Waals surface area contributed by atoms with E-state index in [-0.39, 0.29) is 5.78 Å². The second-order valence-corrected chi connectivity index (χ2v) is 3.67. The number of hydrogen-bond donors (Lipinski definition) is 0. The molecular formula is C13H15NO2. The molecule has 3 nitrogen and oxygen atoms in total.